The molecule has 3 nitrogen and oxygen atoms in total. The molecule has 100 valence electrons. The third-order valence-corrected chi connectivity index (χ3v) is 4.10. The van der Waals surface area contributed by atoms with Crippen LogP contribution < -0.4 is 10.6 Å². The predicted molar refractivity (Wildman–Crippen MR) is 85.3 cm³/mol. The van der Waals surface area contributed by atoms with E-state index in [1.807, 2.05) is 24.3 Å². The van der Waals surface area contributed by atoms with Crippen molar-refractivity contribution in [2.24, 2.45) is 0 Å². The highest BCUT2D eigenvalue weighted by Gasteiger charge is 2.38. The highest BCUT2D eigenvalue weighted by Crippen LogP contribution is 2.25. The number of carbonyl (C=O) groups is 1. The lowest BCUT2D eigenvalue weighted by Crippen LogP contribution is -2.50. The maximum Gasteiger partial charge on any atom is 0.244 e. The molecule has 0 aromatic heterocycles. The zero-order chi connectivity index (χ0) is 12.3. The summed E-state index contributed by atoms with van der Waals surface area (Å²) in [4.78, 5) is 12.3. The summed E-state index contributed by atoms with van der Waals surface area (Å²) in [6.45, 7) is 3.00. The second-order valence-electron chi connectivity index (χ2n) is 4.43. The first kappa shape index (κ1) is 15.7. The van der Waals surface area contributed by atoms with Gasteiger partial charge in [0.15, 0.2) is 0 Å². The Labute approximate surface area is 128 Å². The highest BCUT2D eigenvalue weighted by molar-refractivity contribution is 14.1. The molecule has 18 heavy (non-hydrogen) atoms. The van der Waals surface area contributed by atoms with Crippen LogP contribution in [-0.4, -0.2) is 18.0 Å². The zero-order valence-electron chi connectivity index (χ0n) is 10.3. The van der Waals surface area contributed by atoms with Gasteiger partial charge in [-0.15, -0.1) is 12.4 Å². The number of hydrogen-bond donors (Lipinski definition) is 2. The zero-order valence-corrected chi connectivity index (χ0v) is 13.3. The van der Waals surface area contributed by atoms with Gasteiger partial charge in [0, 0.05) is 9.26 Å². The second-order valence-corrected chi connectivity index (χ2v) is 5.67. The Morgan fingerprint density at radius 2 is 2.11 bits per heavy atom. The van der Waals surface area contributed by atoms with Gasteiger partial charge in [-0.25, -0.2) is 0 Å². The molecule has 2 rings (SSSR count). The van der Waals surface area contributed by atoms with E-state index in [1.165, 1.54) is 3.57 Å². The molecule has 0 aliphatic carbocycles. The summed E-state index contributed by atoms with van der Waals surface area (Å²) in [5.74, 6) is 0.0960. The Bertz CT molecular complexity index is 402. The van der Waals surface area contributed by atoms with Gasteiger partial charge in [0.05, 0.1) is 5.54 Å². The lowest BCUT2D eigenvalue weighted by molar-refractivity contribution is -0.122. The van der Waals surface area contributed by atoms with Gasteiger partial charge in [0.25, 0.3) is 0 Å². The normalized spacial score (nSPS) is 22.3. The SMILES string of the molecule is CCC1(C(=O)Nc2ccc(I)cc2)CCCN1.Cl. The smallest absolute Gasteiger partial charge is 0.244 e. The van der Waals surface area contributed by atoms with E-state index in [0.29, 0.717) is 0 Å². The maximum atomic E-state index is 12.3. The fourth-order valence-corrected chi connectivity index (χ4v) is 2.61. The standard InChI is InChI=1S/C13H17IN2O.ClH/c1-2-13(8-3-9-15-13)12(17)16-11-6-4-10(14)5-7-11;/h4-7,15H,2-3,8-9H2,1H3,(H,16,17);1H. The van der Waals surface area contributed by atoms with Gasteiger partial charge < -0.3 is 10.6 Å². The van der Waals surface area contributed by atoms with Crippen molar-refractivity contribution < 1.29 is 4.79 Å². The maximum absolute atomic E-state index is 12.3. The summed E-state index contributed by atoms with van der Waals surface area (Å²) in [7, 11) is 0. The van der Waals surface area contributed by atoms with Crippen LogP contribution in [0.3, 0.4) is 0 Å². The molecule has 1 aromatic rings. The van der Waals surface area contributed by atoms with Crippen LogP contribution >= 0.6 is 35.0 Å². The van der Waals surface area contributed by atoms with E-state index in [0.717, 1.165) is 31.5 Å². The fourth-order valence-electron chi connectivity index (χ4n) is 2.25. The minimum absolute atomic E-state index is 0. The van der Waals surface area contributed by atoms with E-state index in [-0.39, 0.29) is 23.9 Å². The highest BCUT2D eigenvalue weighted by atomic mass is 127. The van der Waals surface area contributed by atoms with Gasteiger partial charge >= 0.3 is 0 Å². The van der Waals surface area contributed by atoms with Gasteiger partial charge in [0.1, 0.15) is 0 Å². The van der Waals surface area contributed by atoms with Crippen molar-refractivity contribution >= 4 is 46.6 Å². The number of halogens is 2. The molecule has 5 heteroatoms. The van der Waals surface area contributed by atoms with Crippen molar-refractivity contribution in [1.29, 1.82) is 0 Å². The molecule has 1 saturated heterocycles. The van der Waals surface area contributed by atoms with Crippen molar-refractivity contribution in [1.82, 2.24) is 5.32 Å². The Hall–Kier alpha value is -0.330. The number of nitrogens with one attached hydrogen (secondary N) is 2. The van der Waals surface area contributed by atoms with Crippen molar-refractivity contribution in [3.8, 4) is 0 Å². The van der Waals surface area contributed by atoms with Gasteiger partial charge in [-0.1, -0.05) is 6.92 Å². The lowest BCUT2D eigenvalue weighted by Gasteiger charge is -2.26. The summed E-state index contributed by atoms with van der Waals surface area (Å²) in [6, 6.07) is 7.88. The third kappa shape index (κ3) is 3.36. The average Bonchev–Trinajstić information content (AvgIpc) is 2.82. The van der Waals surface area contributed by atoms with E-state index < -0.39 is 0 Å². The van der Waals surface area contributed by atoms with Crippen LogP contribution in [0.5, 0.6) is 0 Å². The molecule has 1 heterocycles. The summed E-state index contributed by atoms with van der Waals surface area (Å²) in [6.07, 6.45) is 2.84. The molecule has 1 fully saturated rings. The Morgan fingerprint density at radius 3 is 2.61 bits per heavy atom. The van der Waals surface area contributed by atoms with Gasteiger partial charge in [-0.05, 0) is 72.7 Å². The molecule has 1 aliphatic heterocycles. The Balaban J connectivity index is 0.00000162. The Morgan fingerprint density at radius 1 is 1.44 bits per heavy atom. The first-order valence-electron chi connectivity index (χ1n) is 5.98. The number of hydrogen-bond acceptors (Lipinski definition) is 2. The van der Waals surface area contributed by atoms with Gasteiger partial charge in [-0.2, -0.15) is 0 Å². The first-order valence-corrected chi connectivity index (χ1v) is 7.06. The number of rotatable bonds is 3. The van der Waals surface area contributed by atoms with Crippen molar-refractivity contribution in [2.45, 2.75) is 31.7 Å². The molecule has 0 spiro atoms. The average molecular weight is 381 g/mol. The quantitative estimate of drug-likeness (QED) is 0.791. The molecule has 0 bridgehead atoms. The van der Waals surface area contributed by atoms with E-state index >= 15 is 0 Å². The monoisotopic (exact) mass is 380 g/mol. The van der Waals surface area contributed by atoms with Gasteiger partial charge in [0.2, 0.25) is 5.91 Å². The van der Waals surface area contributed by atoms with Crippen LogP contribution in [0.25, 0.3) is 0 Å². The molecule has 1 atom stereocenters. The number of benzene rings is 1. The van der Waals surface area contributed by atoms with Crippen LogP contribution in [0.1, 0.15) is 26.2 Å². The minimum Gasteiger partial charge on any atom is -0.324 e. The molecule has 0 saturated carbocycles. The third-order valence-electron chi connectivity index (χ3n) is 3.38. The molecule has 1 unspecified atom stereocenters. The largest absolute Gasteiger partial charge is 0.324 e. The molecule has 1 aliphatic rings. The fraction of sp³-hybridized carbons (Fsp3) is 0.462. The molecular formula is C13H18ClIN2O. The molecule has 2 N–H and O–H groups in total. The van der Waals surface area contributed by atoms with Crippen LogP contribution in [0.15, 0.2) is 24.3 Å². The molecule has 1 aromatic carbocycles. The van der Waals surface area contributed by atoms with E-state index in [4.69, 9.17) is 0 Å². The van der Waals surface area contributed by atoms with Crippen molar-refractivity contribution in [3.63, 3.8) is 0 Å². The van der Waals surface area contributed by atoms with Crippen molar-refractivity contribution in [3.05, 3.63) is 27.8 Å². The molecule has 0 radical (unpaired) electrons. The summed E-state index contributed by atoms with van der Waals surface area (Å²) in [5.41, 5.74) is 0.514. The first-order chi connectivity index (χ1) is 8.16. The summed E-state index contributed by atoms with van der Waals surface area (Å²) < 4.78 is 1.17. The van der Waals surface area contributed by atoms with E-state index in [2.05, 4.69) is 40.1 Å². The molecule has 1 amide bonds. The Kier molecular flexibility index (Phi) is 5.88. The van der Waals surface area contributed by atoms with E-state index in [1.54, 1.807) is 0 Å². The minimum atomic E-state index is -0.358. The molecular weight excluding hydrogens is 363 g/mol. The number of amides is 1. The number of carbonyl (C=O) groups excluding carboxylic acids is 1. The topological polar surface area (TPSA) is 41.1 Å². The summed E-state index contributed by atoms with van der Waals surface area (Å²) in [5, 5.41) is 6.34. The van der Waals surface area contributed by atoms with Gasteiger partial charge in [-0.3, -0.25) is 4.79 Å². The lowest BCUT2D eigenvalue weighted by atomic mass is 9.93. The van der Waals surface area contributed by atoms with Crippen LogP contribution in [0.2, 0.25) is 0 Å². The van der Waals surface area contributed by atoms with Crippen LogP contribution in [0.4, 0.5) is 5.69 Å². The van der Waals surface area contributed by atoms with Crippen LogP contribution in [-0.2, 0) is 4.79 Å². The second kappa shape index (κ2) is 6.73. The number of anilines is 1. The predicted octanol–water partition coefficient (Wildman–Crippen LogP) is 3.18. The van der Waals surface area contributed by atoms with Crippen LogP contribution in [0, 0.1) is 3.57 Å². The van der Waals surface area contributed by atoms with E-state index in [9.17, 15) is 4.79 Å². The summed E-state index contributed by atoms with van der Waals surface area (Å²) >= 11 is 2.25. The van der Waals surface area contributed by atoms with Crippen molar-refractivity contribution in [2.75, 3.05) is 11.9 Å².